The summed E-state index contributed by atoms with van der Waals surface area (Å²) in [5.41, 5.74) is 1.27. The predicted octanol–water partition coefficient (Wildman–Crippen LogP) is 2.20. The molecule has 2 fully saturated rings. The van der Waals surface area contributed by atoms with Crippen LogP contribution in [-0.4, -0.2) is 90.5 Å². The second kappa shape index (κ2) is 9.65. The monoisotopic (exact) mass is 403 g/mol. The van der Waals surface area contributed by atoms with Crippen LogP contribution < -0.4 is 9.47 Å². The summed E-state index contributed by atoms with van der Waals surface area (Å²) in [6, 6.07) is 8.08. The Hall–Kier alpha value is -1.34. The van der Waals surface area contributed by atoms with Crippen LogP contribution in [0.4, 0.5) is 0 Å². The van der Waals surface area contributed by atoms with Crippen molar-refractivity contribution in [2.24, 2.45) is 0 Å². The fourth-order valence-corrected chi connectivity index (χ4v) is 5.14. The Balaban J connectivity index is 1.35. The van der Waals surface area contributed by atoms with Crippen LogP contribution in [0.1, 0.15) is 38.7 Å². The van der Waals surface area contributed by atoms with Gasteiger partial charge in [-0.2, -0.15) is 0 Å². The fraction of sp³-hybridized carbons (Fsp3) is 0.739. The number of rotatable bonds is 6. The molecule has 1 aromatic rings. The van der Waals surface area contributed by atoms with Gasteiger partial charge in [-0.1, -0.05) is 6.07 Å². The van der Waals surface area contributed by atoms with Crippen LogP contribution in [0.5, 0.6) is 11.5 Å². The molecule has 2 saturated heterocycles. The van der Waals surface area contributed by atoms with Crippen molar-refractivity contribution in [1.82, 2.24) is 14.7 Å². The third-order valence-corrected chi connectivity index (χ3v) is 6.79. The zero-order chi connectivity index (χ0) is 20.2. The van der Waals surface area contributed by atoms with E-state index in [0.29, 0.717) is 31.3 Å². The van der Waals surface area contributed by atoms with Crippen molar-refractivity contribution in [3.63, 3.8) is 0 Å². The summed E-state index contributed by atoms with van der Waals surface area (Å²) < 4.78 is 11.4. The van der Waals surface area contributed by atoms with E-state index in [4.69, 9.17) is 9.47 Å². The van der Waals surface area contributed by atoms with Gasteiger partial charge in [0.05, 0.1) is 0 Å². The lowest BCUT2D eigenvalue weighted by molar-refractivity contribution is -0.0000595. The number of likely N-dealkylation sites (tertiary alicyclic amines) is 1. The number of fused-ring (bicyclic) bond motifs is 1. The Morgan fingerprint density at radius 3 is 2.52 bits per heavy atom. The standard InChI is InChI=1S/C23H37N3O3/c1-18(2)25-8-5-20(6-9-25)26-11-10-24(17-21(26)7-12-27)16-19-3-4-22-23(15-19)29-14-13-28-22/h3-4,15,18,20-21,27H,5-14,16-17H2,1-2H3/t21-/m1/s1. The zero-order valence-electron chi connectivity index (χ0n) is 18.1. The summed E-state index contributed by atoms with van der Waals surface area (Å²) in [7, 11) is 0. The molecule has 3 aliphatic rings. The smallest absolute Gasteiger partial charge is 0.161 e. The summed E-state index contributed by atoms with van der Waals surface area (Å²) in [6.45, 7) is 12.7. The molecule has 1 aromatic carbocycles. The lowest BCUT2D eigenvalue weighted by atomic mass is 9.97. The van der Waals surface area contributed by atoms with Gasteiger partial charge in [-0.15, -0.1) is 0 Å². The molecule has 0 unspecified atom stereocenters. The van der Waals surface area contributed by atoms with E-state index >= 15 is 0 Å². The second-order valence-corrected chi connectivity index (χ2v) is 8.98. The van der Waals surface area contributed by atoms with Crippen molar-refractivity contribution in [3.05, 3.63) is 23.8 Å². The number of piperidine rings is 1. The summed E-state index contributed by atoms with van der Waals surface area (Å²) in [4.78, 5) is 7.83. The van der Waals surface area contributed by atoms with Gasteiger partial charge in [0.1, 0.15) is 13.2 Å². The molecule has 0 spiro atoms. The molecule has 0 radical (unpaired) electrons. The Kier molecular flexibility index (Phi) is 6.96. The minimum absolute atomic E-state index is 0.268. The number of hydrogen-bond acceptors (Lipinski definition) is 6. The van der Waals surface area contributed by atoms with Gasteiger partial charge in [0, 0.05) is 50.9 Å². The van der Waals surface area contributed by atoms with Gasteiger partial charge >= 0.3 is 0 Å². The molecule has 0 aromatic heterocycles. The van der Waals surface area contributed by atoms with Gasteiger partial charge in [-0.25, -0.2) is 0 Å². The predicted molar refractivity (Wildman–Crippen MR) is 115 cm³/mol. The van der Waals surface area contributed by atoms with Crippen molar-refractivity contribution in [1.29, 1.82) is 0 Å². The van der Waals surface area contributed by atoms with Crippen molar-refractivity contribution in [2.45, 2.75) is 57.8 Å². The molecule has 3 aliphatic heterocycles. The second-order valence-electron chi connectivity index (χ2n) is 8.98. The van der Waals surface area contributed by atoms with Crippen LogP contribution in [0.2, 0.25) is 0 Å². The van der Waals surface area contributed by atoms with Crippen LogP contribution >= 0.6 is 0 Å². The molecular weight excluding hydrogens is 366 g/mol. The first-order valence-electron chi connectivity index (χ1n) is 11.4. The van der Waals surface area contributed by atoms with E-state index in [-0.39, 0.29) is 6.61 Å². The van der Waals surface area contributed by atoms with Crippen LogP contribution in [-0.2, 0) is 6.54 Å². The molecule has 0 amide bonds. The maximum atomic E-state index is 9.67. The molecule has 6 heteroatoms. The van der Waals surface area contributed by atoms with Gasteiger partial charge in [0.2, 0.25) is 0 Å². The minimum atomic E-state index is 0.268. The molecule has 6 nitrogen and oxygen atoms in total. The first-order valence-corrected chi connectivity index (χ1v) is 11.4. The first-order chi connectivity index (χ1) is 14.1. The largest absolute Gasteiger partial charge is 0.486 e. The van der Waals surface area contributed by atoms with Crippen molar-refractivity contribution in [2.75, 3.05) is 52.5 Å². The zero-order valence-corrected chi connectivity index (χ0v) is 18.1. The van der Waals surface area contributed by atoms with Crippen LogP contribution in [0, 0.1) is 0 Å². The number of hydrogen-bond donors (Lipinski definition) is 1. The van der Waals surface area contributed by atoms with Crippen molar-refractivity contribution in [3.8, 4) is 11.5 Å². The third kappa shape index (κ3) is 5.05. The van der Waals surface area contributed by atoms with E-state index in [9.17, 15) is 5.11 Å². The summed E-state index contributed by atoms with van der Waals surface area (Å²) in [6.07, 6.45) is 3.37. The minimum Gasteiger partial charge on any atom is -0.486 e. The number of ether oxygens (including phenoxy) is 2. The Labute approximate surface area is 175 Å². The molecule has 0 saturated carbocycles. The van der Waals surface area contributed by atoms with Gasteiger partial charge in [-0.3, -0.25) is 9.80 Å². The average Bonchev–Trinajstić information content (AvgIpc) is 2.74. The van der Waals surface area contributed by atoms with E-state index in [1.807, 2.05) is 6.07 Å². The lowest BCUT2D eigenvalue weighted by Gasteiger charge is -2.48. The summed E-state index contributed by atoms with van der Waals surface area (Å²) in [5, 5.41) is 9.67. The number of aliphatic hydroxyl groups excluding tert-OH is 1. The van der Waals surface area contributed by atoms with E-state index in [1.54, 1.807) is 0 Å². The number of nitrogens with zero attached hydrogens (tertiary/aromatic N) is 3. The van der Waals surface area contributed by atoms with Crippen LogP contribution in [0.3, 0.4) is 0 Å². The normalized spacial score (nSPS) is 24.9. The van der Waals surface area contributed by atoms with E-state index in [2.05, 4.69) is 40.7 Å². The van der Waals surface area contributed by atoms with Crippen molar-refractivity contribution >= 4 is 0 Å². The maximum Gasteiger partial charge on any atom is 0.161 e. The van der Waals surface area contributed by atoms with E-state index < -0.39 is 0 Å². The topological polar surface area (TPSA) is 48.4 Å². The van der Waals surface area contributed by atoms with E-state index in [0.717, 1.165) is 44.1 Å². The Morgan fingerprint density at radius 1 is 1.03 bits per heavy atom. The first kappa shape index (κ1) is 20.9. The highest BCUT2D eigenvalue weighted by Crippen LogP contribution is 2.31. The molecule has 162 valence electrons. The average molecular weight is 404 g/mol. The van der Waals surface area contributed by atoms with Gasteiger partial charge in [0.25, 0.3) is 0 Å². The quantitative estimate of drug-likeness (QED) is 0.786. The summed E-state index contributed by atoms with van der Waals surface area (Å²) >= 11 is 0. The molecule has 0 bridgehead atoms. The molecule has 1 N–H and O–H groups in total. The van der Waals surface area contributed by atoms with Gasteiger partial charge in [-0.05, 0) is 63.9 Å². The molecule has 3 heterocycles. The van der Waals surface area contributed by atoms with Gasteiger partial charge < -0.3 is 19.5 Å². The number of benzene rings is 1. The molecular formula is C23H37N3O3. The molecule has 1 atom stereocenters. The van der Waals surface area contributed by atoms with Crippen LogP contribution in [0.15, 0.2) is 18.2 Å². The SMILES string of the molecule is CC(C)N1CCC(N2CCN(Cc3ccc4c(c3)OCCO4)C[C@H]2CCO)CC1. The summed E-state index contributed by atoms with van der Waals surface area (Å²) in [5.74, 6) is 1.73. The highest BCUT2D eigenvalue weighted by Gasteiger charge is 2.33. The van der Waals surface area contributed by atoms with Crippen molar-refractivity contribution < 1.29 is 14.6 Å². The third-order valence-electron chi connectivity index (χ3n) is 6.79. The van der Waals surface area contributed by atoms with E-state index in [1.165, 1.54) is 31.5 Å². The number of piperazine rings is 1. The number of aliphatic hydroxyl groups is 1. The Bertz CT molecular complexity index is 661. The molecule has 29 heavy (non-hydrogen) atoms. The highest BCUT2D eigenvalue weighted by atomic mass is 16.6. The fourth-order valence-electron chi connectivity index (χ4n) is 5.14. The maximum absolute atomic E-state index is 9.67. The van der Waals surface area contributed by atoms with Gasteiger partial charge in [0.15, 0.2) is 11.5 Å². The Morgan fingerprint density at radius 2 is 1.79 bits per heavy atom. The molecule has 4 rings (SSSR count). The lowest BCUT2D eigenvalue weighted by Crippen LogP contribution is -2.58. The van der Waals surface area contributed by atoms with Crippen LogP contribution in [0.25, 0.3) is 0 Å². The highest BCUT2D eigenvalue weighted by molar-refractivity contribution is 5.43. The molecule has 0 aliphatic carbocycles.